The van der Waals surface area contributed by atoms with Crippen LogP contribution in [0.2, 0.25) is 0 Å². The Morgan fingerprint density at radius 2 is 1.72 bits per heavy atom. The molecule has 132 valence electrons. The number of hydrogen-bond acceptors (Lipinski definition) is 3. The van der Waals surface area contributed by atoms with Gasteiger partial charge in [0.05, 0.1) is 6.54 Å². The van der Waals surface area contributed by atoms with Crippen LogP contribution in [0.1, 0.15) is 10.4 Å². The molecule has 0 unspecified atom stereocenters. The summed E-state index contributed by atoms with van der Waals surface area (Å²) in [5.41, 5.74) is 0.279. The maximum absolute atomic E-state index is 13.0. The zero-order valence-electron chi connectivity index (χ0n) is 12.6. The predicted molar refractivity (Wildman–Crippen MR) is 80.5 cm³/mol. The Morgan fingerprint density at radius 3 is 2.32 bits per heavy atom. The Bertz CT molecular complexity index is 761. The number of halogens is 4. The van der Waals surface area contributed by atoms with Crippen molar-refractivity contribution in [2.24, 2.45) is 0 Å². The molecule has 0 aromatic heterocycles. The van der Waals surface area contributed by atoms with Gasteiger partial charge in [-0.15, -0.1) is 13.2 Å². The Kier molecular flexibility index (Phi) is 5.58. The van der Waals surface area contributed by atoms with E-state index in [1.54, 1.807) is 0 Å². The van der Waals surface area contributed by atoms with Crippen LogP contribution in [0.5, 0.6) is 5.75 Å². The topological polar surface area (TPSA) is 67.4 Å². The van der Waals surface area contributed by atoms with E-state index in [-0.39, 0.29) is 11.3 Å². The van der Waals surface area contributed by atoms with Gasteiger partial charge in [0.15, 0.2) is 0 Å². The summed E-state index contributed by atoms with van der Waals surface area (Å²) in [4.78, 5) is 23.5. The summed E-state index contributed by atoms with van der Waals surface area (Å²) in [6, 6.07) is 9.44. The Balaban J connectivity index is 1.85. The number of amides is 2. The first-order valence-corrected chi connectivity index (χ1v) is 6.92. The highest BCUT2D eigenvalue weighted by Gasteiger charge is 2.30. The van der Waals surface area contributed by atoms with Crippen LogP contribution in [0.3, 0.4) is 0 Å². The monoisotopic (exact) mass is 356 g/mol. The quantitative estimate of drug-likeness (QED) is 0.809. The number of anilines is 1. The summed E-state index contributed by atoms with van der Waals surface area (Å²) in [5, 5.41) is 4.68. The van der Waals surface area contributed by atoms with Gasteiger partial charge in [-0.2, -0.15) is 0 Å². The number of nitrogens with one attached hydrogen (secondary N) is 2. The largest absolute Gasteiger partial charge is 0.573 e. The summed E-state index contributed by atoms with van der Waals surface area (Å²) in [6.07, 6.45) is -4.80. The molecule has 0 aliphatic rings. The summed E-state index contributed by atoms with van der Waals surface area (Å²) >= 11 is 0. The highest BCUT2D eigenvalue weighted by molar-refractivity contribution is 5.99. The van der Waals surface area contributed by atoms with Crippen LogP contribution in [0.25, 0.3) is 0 Å². The molecule has 9 heteroatoms. The molecule has 0 saturated heterocycles. The number of rotatable bonds is 5. The SMILES string of the molecule is O=C(CNC(=O)c1cccc(F)c1)Nc1ccc(OC(F)(F)F)cc1. The number of ether oxygens (including phenoxy) is 1. The van der Waals surface area contributed by atoms with E-state index in [4.69, 9.17) is 0 Å². The van der Waals surface area contributed by atoms with Crippen molar-refractivity contribution in [3.8, 4) is 5.75 Å². The first kappa shape index (κ1) is 18.2. The average Bonchev–Trinajstić information content (AvgIpc) is 2.53. The Hall–Kier alpha value is -3.10. The molecule has 5 nitrogen and oxygen atoms in total. The smallest absolute Gasteiger partial charge is 0.406 e. The molecule has 0 radical (unpaired) electrons. The second-order valence-electron chi connectivity index (χ2n) is 4.81. The molecular weight excluding hydrogens is 344 g/mol. The predicted octanol–water partition coefficient (Wildman–Crippen LogP) is 3.09. The lowest BCUT2D eigenvalue weighted by Gasteiger charge is -2.10. The first-order chi connectivity index (χ1) is 11.7. The lowest BCUT2D eigenvalue weighted by atomic mass is 10.2. The van der Waals surface area contributed by atoms with Crippen molar-refractivity contribution < 1.29 is 31.9 Å². The van der Waals surface area contributed by atoms with Gasteiger partial charge in [-0.05, 0) is 42.5 Å². The van der Waals surface area contributed by atoms with Gasteiger partial charge in [-0.1, -0.05) is 6.07 Å². The molecule has 2 rings (SSSR count). The molecule has 2 aromatic rings. The third-order valence-corrected chi connectivity index (χ3v) is 2.87. The summed E-state index contributed by atoms with van der Waals surface area (Å²) < 4.78 is 52.8. The molecule has 0 saturated carbocycles. The molecule has 0 fully saturated rings. The van der Waals surface area contributed by atoms with E-state index in [1.165, 1.54) is 30.3 Å². The number of carbonyl (C=O) groups is 2. The summed E-state index contributed by atoms with van der Waals surface area (Å²) in [7, 11) is 0. The summed E-state index contributed by atoms with van der Waals surface area (Å²) in [6.45, 7) is -0.393. The third-order valence-electron chi connectivity index (χ3n) is 2.87. The molecule has 0 spiro atoms. The van der Waals surface area contributed by atoms with Crippen LogP contribution >= 0.6 is 0 Å². The van der Waals surface area contributed by atoms with Crippen molar-refractivity contribution in [3.05, 3.63) is 59.9 Å². The van der Waals surface area contributed by atoms with Crippen LogP contribution in [-0.2, 0) is 4.79 Å². The van der Waals surface area contributed by atoms with Gasteiger partial charge >= 0.3 is 6.36 Å². The molecule has 0 atom stereocenters. The van der Waals surface area contributed by atoms with Gasteiger partial charge in [0.2, 0.25) is 5.91 Å². The van der Waals surface area contributed by atoms with E-state index < -0.39 is 36.3 Å². The van der Waals surface area contributed by atoms with Gasteiger partial charge in [-0.3, -0.25) is 9.59 Å². The second-order valence-corrected chi connectivity index (χ2v) is 4.81. The first-order valence-electron chi connectivity index (χ1n) is 6.92. The maximum Gasteiger partial charge on any atom is 0.573 e. The van der Waals surface area contributed by atoms with E-state index in [1.807, 2.05) is 0 Å². The lowest BCUT2D eigenvalue weighted by Crippen LogP contribution is -2.32. The highest BCUT2D eigenvalue weighted by Crippen LogP contribution is 2.23. The van der Waals surface area contributed by atoms with E-state index in [0.29, 0.717) is 0 Å². The standard InChI is InChI=1S/C16H12F4N2O3/c17-11-3-1-2-10(8-11)15(24)21-9-14(23)22-12-4-6-13(7-5-12)25-16(18,19)20/h1-8H,9H2,(H,21,24)(H,22,23). The second kappa shape index (κ2) is 7.65. The Labute approximate surface area is 139 Å². The normalized spacial score (nSPS) is 10.9. The van der Waals surface area contributed by atoms with Crippen LogP contribution in [-0.4, -0.2) is 24.7 Å². The number of hydrogen-bond donors (Lipinski definition) is 2. The summed E-state index contributed by atoms with van der Waals surface area (Å²) in [5.74, 6) is -2.25. The van der Waals surface area contributed by atoms with Crippen molar-refractivity contribution in [2.45, 2.75) is 6.36 Å². The molecule has 0 bridgehead atoms. The molecule has 0 aliphatic carbocycles. The van der Waals surface area contributed by atoms with Gasteiger partial charge in [0.25, 0.3) is 5.91 Å². The minimum atomic E-state index is -4.80. The van der Waals surface area contributed by atoms with Gasteiger partial charge in [-0.25, -0.2) is 4.39 Å². The van der Waals surface area contributed by atoms with E-state index in [2.05, 4.69) is 15.4 Å². The van der Waals surface area contributed by atoms with Gasteiger partial charge in [0.1, 0.15) is 11.6 Å². The van der Waals surface area contributed by atoms with E-state index in [9.17, 15) is 27.2 Å². The molecule has 2 amide bonds. The van der Waals surface area contributed by atoms with Crippen LogP contribution in [0, 0.1) is 5.82 Å². The molecule has 2 aromatic carbocycles. The van der Waals surface area contributed by atoms with Crippen molar-refractivity contribution in [1.82, 2.24) is 5.32 Å². The fraction of sp³-hybridized carbons (Fsp3) is 0.125. The molecule has 0 heterocycles. The number of alkyl halides is 3. The average molecular weight is 356 g/mol. The minimum absolute atomic E-state index is 0.0569. The highest BCUT2D eigenvalue weighted by atomic mass is 19.4. The number of carbonyl (C=O) groups excluding carboxylic acids is 2. The fourth-order valence-corrected chi connectivity index (χ4v) is 1.84. The van der Waals surface area contributed by atoms with Crippen molar-refractivity contribution in [2.75, 3.05) is 11.9 Å². The van der Waals surface area contributed by atoms with Gasteiger partial charge in [0, 0.05) is 11.3 Å². The van der Waals surface area contributed by atoms with Crippen LogP contribution < -0.4 is 15.4 Å². The third kappa shape index (κ3) is 6.13. The van der Waals surface area contributed by atoms with Gasteiger partial charge < -0.3 is 15.4 Å². The molecule has 2 N–H and O–H groups in total. The Morgan fingerprint density at radius 1 is 1.04 bits per heavy atom. The van der Waals surface area contributed by atoms with Crippen molar-refractivity contribution in [3.63, 3.8) is 0 Å². The molecule has 25 heavy (non-hydrogen) atoms. The minimum Gasteiger partial charge on any atom is -0.406 e. The van der Waals surface area contributed by atoms with Crippen LogP contribution in [0.15, 0.2) is 48.5 Å². The van der Waals surface area contributed by atoms with Crippen LogP contribution in [0.4, 0.5) is 23.2 Å². The van der Waals surface area contributed by atoms with Crippen molar-refractivity contribution >= 4 is 17.5 Å². The van der Waals surface area contributed by atoms with Crippen molar-refractivity contribution in [1.29, 1.82) is 0 Å². The number of benzene rings is 2. The zero-order valence-corrected chi connectivity index (χ0v) is 12.6. The molecule has 0 aliphatic heterocycles. The molecular formula is C16H12F4N2O3. The van der Waals surface area contributed by atoms with E-state index in [0.717, 1.165) is 18.2 Å². The lowest BCUT2D eigenvalue weighted by molar-refractivity contribution is -0.274. The van der Waals surface area contributed by atoms with E-state index >= 15 is 0 Å². The zero-order chi connectivity index (χ0) is 18.4. The maximum atomic E-state index is 13.0. The fourth-order valence-electron chi connectivity index (χ4n) is 1.84.